The van der Waals surface area contributed by atoms with E-state index in [1.54, 1.807) is 6.20 Å². The fourth-order valence-corrected chi connectivity index (χ4v) is 3.13. The zero-order valence-electron chi connectivity index (χ0n) is 12.3. The lowest BCUT2D eigenvalue weighted by Crippen LogP contribution is -2.23. The molecule has 1 saturated heterocycles. The Hall–Kier alpha value is -1.52. The van der Waals surface area contributed by atoms with Crippen molar-refractivity contribution in [3.8, 4) is 5.69 Å². The molecule has 0 saturated carbocycles. The Morgan fingerprint density at radius 3 is 2.95 bits per heavy atom. The van der Waals surface area contributed by atoms with E-state index in [4.69, 9.17) is 11.6 Å². The van der Waals surface area contributed by atoms with Crippen LogP contribution < -0.4 is 5.32 Å². The first kappa shape index (κ1) is 14.4. The van der Waals surface area contributed by atoms with Crippen LogP contribution in [0.25, 0.3) is 5.69 Å². The van der Waals surface area contributed by atoms with Crippen LogP contribution in [0.2, 0.25) is 5.02 Å². The summed E-state index contributed by atoms with van der Waals surface area (Å²) in [5, 5.41) is 8.70. The van der Waals surface area contributed by atoms with E-state index in [0.717, 1.165) is 29.4 Å². The van der Waals surface area contributed by atoms with Crippen molar-refractivity contribution in [1.82, 2.24) is 14.7 Å². The number of hydrogen-bond donors (Lipinski definition) is 1. The number of rotatable bonds is 3. The Kier molecular flexibility index (Phi) is 4.46. The van der Waals surface area contributed by atoms with Crippen molar-refractivity contribution in [2.24, 2.45) is 0 Å². The lowest BCUT2D eigenvalue weighted by atomic mass is 10.1. The number of nitrogens with one attached hydrogen (secondary N) is 1. The highest BCUT2D eigenvalue weighted by molar-refractivity contribution is 6.33. The smallest absolute Gasteiger partial charge is 0.106 e. The molecule has 1 N–H and O–H groups in total. The molecule has 0 bridgehead atoms. The lowest BCUT2D eigenvalue weighted by molar-refractivity contribution is 0.348. The maximum absolute atomic E-state index is 6.38. The van der Waals surface area contributed by atoms with Gasteiger partial charge in [0, 0.05) is 18.4 Å². The summed E-state index contributed by atoms with van der Waals surface area (Å²) in [6.07, 6.45) is 7.27. The first-order valence-corrected chi connectivity index (χ1v) is 7.85. The van der Waals surface area contributed by atoms with Crippen LogP contribution in [0.1, 0.15) is 19.3 Å². The third-order valence-corrected chi connectivity index (χ3v) is 4.34. The average Bonchev–Trinajstić information content (AvgIpc) is 2.91. The average molecular weight is 305 g/mol. The van der Waals surface area contributed by atoms with Gasteiger partial charge in [0.25, 0.3) is 0 Å². The quantitative estimate of drug-likeness (QED) is 0.943. The molecule has 0 spiro atoms. The van der Waals surface area contributed by atoms with Crippen molar-refractivity contribution < 1.29 is 0 Å². The molecular formula is C16H21ClN4. The SMILES string of the molecule is CN1CCCC(Nc2cccc(Cl)c2-n2cccn2)CC1. The summed E-state index contributed by atoms with van der Waals surface area (Å²) < 4.78 is 1.83. The zero-order chi connectivity index (χ0) is 14.7. The molecule has 112 valence electrons. The topological polar surface area (TPSA) is 33.1 Å². The maximum atomic E-state index is 6.38. The predicted octanol–water partition coefficient (Wildman–Crippen LogP) is 3.42. The van der Waals surface area contributed by atoms with E-state index in [1.807, 2.05) is 29.1 Å². The van der Waals surface area contributed by atoms with Gasteiger partial charge in [0.15, 0.2) is 0 Å². The van der Waals surface area contributed by atoms with Gasteiger partial charge in [0.05, 0.1) is 10.7 Å². The third kappa shape index (κ3) is 3.39. The molecule has 2 aromatic rings. The van der Waals surface area contributed by atoms with Crippen LogP contribution in [0.3, 0.4) is 0 Å². The molecule has 5 heteroatoms. The van der Waals surface area contributed by atoms with Crippen LogP contribution in [0.5, 0.6) is 0 Å². The molecule has 1 aliphatic rings. The molecule has 1 aromatic heterocycles. The second-order valence-corrected chi connectivity index (χ2v) is 6.07. The number of halogens is 1. The van der Waals surface area contributed by atoms with Crippen molar-refractivity contribution in [3.63, 3.8) is 0 Å². The lowest BCUT2D eigenvalue weighted by Gasteiger charge is -2.21. The molecule has 1 fully saturated rings. The maximum Gasteiger partial charge on any atom is 0.106 e. The highest BCUT2D eigenvalue weighted by atomic mass is 35.5. The van der Waals surface area contributed by atoms with Gasteiger partial charge in [-0.3, -0.25) is 0 Å². The van der Waals surface area contributed by atoms with E-state index in [-0.39, 0.29) is 0 Å². The number of benzene rings is 1. The van der Waals surface area contributed by atoms with E-state index in [9.17, 15) is 0 Å². The Bertz CT molecular complexity index is 582. The molecule has 1 aliphatic heterocycles. The van der Waals surface area contributed by atoms with Gasteiger partial charge in [-0.1, -0.05) is 17.7 Å². The van der Waals surface area contributed by atoms with E-state index in [1.165, 1.54) is 19.4 Å². The van der Waals surface area contributed by atoms with Crippen LogP contribution in [0.4, 0.5) is 5.69 Å². The summed E-state index contributed by atoms with van der Waals surface area (Å²) in [6.45, 7) is 2.31. The third-order valence-electron chi connectivity index (χ3n) is 4.03. The second kappa shape index (κ2) is 6.50. The Morgan fingerprint density at radius 2 is 2.14 bits per heavy atom. The van der Waals surface area contributed by atoms with Crippen molar-refractivity contribution in [1.29, 1.82) is 0 Å². The molecule has 2 heterocycles. The molecule has 0 aliphatic carbocycles. The van der Waals surface area contributed by atoms with Crippen molar-refractivity contribution >= 4 is 17.3 Å². The number of nitrogens with zero attached hydrogens (tertiary/aromatic N) is 3. The van der Waals surface area contributed by atoms with Gasteiger partial charge in [0.2, 0.25) is 0 Å². The largest absolute Gasteiger partial charge is 0.380 e. The fourth-order valence-electron chi connectivity index (χ4n) is 2.87. The van der Waals surface area contributed by atoms with Crippen LogP contribution in [-0.4, -0.2) is 40.9 Å². The minimum Gasteiger partial charge on any atom is -0.380 e. The summed E-state index contributed by atoms with van der Waals surface area (Å²) in [4.78, 5) is 2.40. The zero-order valence-corrected chi connectivity index (χ0v) is 13.1. The highest BCUT2D eigenvalue weighted by Gasteiger charge is 2.17. The monoisotopic (exact) mass is 304 g/mol. The Labute approximate surface area is 130 Å². The van der Waals surface area contributed by atoms with E-state index in [2.05, 4.69) is 28.4 Å². The molecule has 1 atom stereocenters. The summed E-state index contributed by atoms with van der Waals surface area (Å²) in [7, 11) is 2.19. The number of likely N-dealkylation sites (tertiary alicyclic amines) is 1. The molecule has 0 radical (unpaired) electrons. The predicted molar refractivity (Wildman–Crippen MR) is 87.3 cm³/mol. The summed E-state index contributed by atoms with van der Waals surface area (Å²) >= 11 is 6.38. The molecule has 21 heavy (non-hydrogen) atoms. The Morgan fingerprint density at radius 1 is 1.24 bits per heavy atom. The second-order valence-electron chi connectivity index (χ2n) is 5.66. The van der Waals surface area contributed by atoms with Gasteiger partial charge < -0.3 is 10.2 Å². The molecule has 1 unspecified atom stereocenters. The summed E-state index contributed by atoms with van der Waals surface area (Å²) in [5.74, 6) is 0. The fraction of sp³-hybridized carbons (Fsp3) is 0.438. The first-order valence-electron chi connectivity index (χ1n) is 7.47. The minimum absolute atomic E-state index is 0.489. The Balaban J connectivity index is 1.84. The van der Waals surface area contributed by atoms with Gasteiger partial charge in [-0.2, -0.15) is 5.10 Å². The van der Waals surface area contributed by atoms with Gasteiger partial charge in [-0.15, -0.1) is 0 Å². The van der Waals surface area contributed by atoms with Crippen LogP contribution in [0, 0.1) is 0 Å². The minimum atomic E-state index is 0.489. The van der Waals surface area contributed by atoms with Gasteiger partial charge >= 0.3 is 0 Å². The molecular weight excluding hydrogens is 284 g/mol. The van der Waals surface area contributed by atoms with Crippen molar-refractivity contribution in [2.75, 3.05) is 25.5 Å². The van der Waals surface area contributed by atoms with Crippen LogP contribution in [0.15, 0.2) is 36.7 Å². The number of anilines is 1. The summed E-state index contributed by atoms with van der Waals surface area (Å²) in [6, 6.07) is 8.37. The van der Waals surface area contributed by atoms with Crippen molar-refractivity contribution in [3.05, 3.63) is 41.7 Å². The van der Waals surface area contributed by atoms with Gasteiger partial charge in [-0.05, 0) is 57.6 Å². The molecule has 1 aromatic carbocycles. The first-order chi connectivity index (χ1) is 10.2. The molecule has 4 nitrogen and oxygen atoms in total. The van der Waals surface area contributed by atoms with E-state index in [0.29, 0.717) is 6.04 Å². The van der Waals surface area contributed by atoms with Crippen LogP contribution >= 0.6 is 11.6 Å². The molecule has 3 rings (SSSR count). The molecule has 0 amide bonds. The highest BCUT2D eigenvalue weighted by Crippen LogP contribution is 2.29. The van der Waals surface area contributed by atoms with Gasteiger partial charge in [-0.25, -0.2) is 4.68 Å². The van der Waals surface area contributed by atoms with Crippen LogP contribution in [-0.2, 0) is 0 Å². The number of aromatic nitrogens is 2. The van der Waals surface area contributed by atoms with Crippen molar-refractivity contribution in [2.45, 2.75) is 25.3 Å². The van der Waals surface area contributed by atoms with E-state index >= 15 is 0 Å². The van der Waals surface area contributed by atoms with E-state index < -0.39 is 0 Å². The number of para-hydroxylation sites is 1. The normalized spacial score (nSPS) is 20.2. The summed E-state index contributed by atoms with van der Waals surface area (Å²) in [5.41, 5.74) is 1.99. The van der Waals surface area contributed by atoms with Gasteiger partial charge in [0.1, 0.15) is 5.69 Å². The standard InChI is InChI=1S/C16H21ClN4/c1-20-10-3-5-13(8-12-20)19-15-7-2-6-14(17)16(15)21-11-4-9-18-21/h2,4,6-7,9,11,13,19H,3,5,8,10,12H2,1H3. The number of hydrogen-bond acceptors (Lipinski definition) is 3.